The fourth-order valence-electron chi connectivity index (χ4n) is 2.66. The lowest BCUT2D eigenvalue weighted by Gasteiger charge is -2.22. The standard InChI is InChI=1S/C20H13BrClN3O2S/c21-16-10-13(3-6-17(16)27-11-12-1-4-14(22)5-2-12)9-15-18(23)25-7-8-28-20(25)24-19(15)26/h1-10,23H,11H2/b15-9+,23-18?. The molecule has 1 amide bonds. The Morgan fingerprint density at radius 2 is 2.04 bits per heavy atom. The molecule has 2 aromatic carbocycles. The fraction of sp³-hybridized carbons (Fsp3) is 0.0500. The number of thioether (sulfide) groups is 1. The largest absolute Gasteiger partial charge is 0.488 e. The molecule has 0 bridgehead atoms. The predicted molar refractivity (Wildman–Crippen MR) is 117 cm³/mol. The number of fused-ring (bicyclic) bond motifs is 1. The Morgan fingerprint density at radius 3 is 2.79 bits per heavy atom. The van der Waals surface area contributed by atoms with Gasteiger partial charge in [-0.1, -0.05) is 41.6 Å². The lowest BCUT2D eigenvalue weighted by molar-refractivity contribution is -0.114. The van der Waals surface area contributed by atoms with E-state index in [0.29, 0.717) is 22.5 Å². The van der Waals surface area contributed by atoms with Gasteiger partial charge in [0.05, 0.1) is 10.0 Å². The van der Waals surface area contributed by atoms with E-state index in [0.717, 1.165) is 15.6 Å². The van der Waals surface area contributed by atoms with Crippen molar-refractivity contribution in [2.75, 3.05) is 0 Å². The van der Waals surface area contributed by atoms with Gasteiger partial charge in [0.25, 0.3) is 5.91 Å². The lowest BCUT2D eigenvalue weighted by atomic mass is 10.1. The van der Waals surface area contributed by atoms with Crippen LogP contribution in [0.1, 0.15) is 11.1 Å². The Kier molecular flexibility index (Phi) is 5.39. The maximum atomic E-state index is 12.3. The van der Waals surface area contributed by atoms with Crippen LogP contribution >= 0.6 is 39.3 Å². The maximum Gasteiger partial charge on any atom is 0.283 e. The van der Waals surface area contributed by atoms with Crippen molar-refractivity contribution in [3.63, 3.8) is 0 Å². The van der Waals surface area contributed by atoms with E-state index >= 15 is 0 Å². The molecular formula is C20H13BrClN3O2S. The maximum absolute atomic E-state index is 12.3. The van der Waals surface area contributed by atoms with E-state index in [2.05, 4.69) is 20.9 Å². The summed E-state index contributed by atoms with van der Waals surface area (Å²) in [5.74, 6) is 0.392. The highest BCUT2D eigenvalue weighted by Crippen LogP contribution is 2.30. The number of nitrogens with zero attached hydrogens (tertiary/aromatic N) is 2. The van der Waals surface area contributed by atoms with Gasteiger partial charge in [-0.3, -0.25) is 15.1 Å². The SMILES string of the molecule is N=C1/C(=C\c2ccc(OCc3ccc(Cl)cc3)c(Br)c2)C(=O)N=C2SC=CN12. The Hall–Kier alpha value is -2.35. The van der Waals surface area contributed by atoms with Crippen LogP contribution in [0.2, 0.25) is 5.02 Å². The van der Waals surface area contributed by atoms with Gasteiger partial charge in [-0.2, -0.15) is 4.99 Å². The number of halogens is 2. The normalized spacial score (nSPS) is 17.1. The Balaban J connectivity index is 1.52. The topological polar surface area (TPSA) is 65.8 Å². The second-order valence-electron chi connectivity index (χ2n) is 5.98. The van der Waals surface area contributed by atoms with Gasteiger partial charge in [-0.15, -0.1) is 0 Å². The van der Waals surface area contributed by atoms with Crippen LogP contribution < -0.4 is 4.74 Å². The average Bonchev–Trinajstić information content (AvgIpc) is 3.14. The average molecular weight is 475 g/mol. The van der Waals surface area contributed by atoms with Crippen LogP contribution in [0.5, 0.6) is 5.75 Å². The monoisotopic (exact) mass is 473 g/mol. The van der Waals surface area contributed by atoms with E-state index < -0.39 is 5.91 Å². The number of carbonyl (C=O) groups is 1. The summed E-state index contributed by atoms with van der Waals surface area (Å²) in [6.45, 7) is 0.412. The zero-order valence-corrected chi connectivity index (χ0v) is 17.5. The Labute approximate surface area is 179 Å². The van der Waals surface area contributed by atoms with Crippen LogP contribution in [-0.2, 0) is 11.4 Å². The third kappa shape index (κ3) is 3.92. The second kappa shape index (κ2) is 7.95. The molecule has 0 radical (unpaired) electrons. The molecule has 0 spiro atoms. The molecule has 28 heavy (non-hydrogen) atoms. The summed E-state index contributed by atoms with van der Waals surface area (Å²) >= 11 is 10.7. The molecule has 2 aromatic rings. The Bertz CT molecular complexity index is 1060. The van der Waals surface area contributed by atoms with Gasteiger partial charge in [0.15, 0.2) is 5.17 Å². The molecular weight excluding hydrogens is 462 g/mol. The molecule has 0 aliphatic carbocycles. The zero-order chi connectivity index (χ0) is 19.7. The summed E-state index contributed by atoms with van der Waals surface area (Å²) in [7, 11) is 0. The summed E-state index contributed by atoms with van der Waals surface area (Å²) in [6, 6.07) is 13.0. The van der Waals surface area contributed by atoms with Gasteiger partial charge in [-0.25, -0.2) is 0 Å². The molecule has 140 valence electrons. The quantitative estimate of drug-likeness (QED) is 0.598. The fourth-order valence-corrected chi connectivity index (χ4v) is 4.01. The molecule has 5 nitrogen and oxygen atoms in total. The first-order valence-corrected chi connectivity index (χ1v) is 10.3. The van der Waals surface area contributed by atoms with Crippen LogP contribution in [0.3, 0.4) is 0 Å². The molecule has 2 heterocycles. The molecule has 2 aliphatic heterocycles. The van der Waals surface area contributed by atoms with Crippen molar-refractivity contribution in [1.29, 1.82) is 5.41 Å². The van der Waals surface area contributed by atoms with Gasteiger partial charge in [-0.05, 0) is 62.8 Å². The minimum absolute atomic E-state index is 0.121. The predicted octanol–water partition coefficient (Wildman–Crippen LogP) is 5.46. The third-order valence-electron chi connectivity index (χ3n) is 4.09. The van der Waals surface area contributed by atoms with E-state index in [1.165, 1.54) is 11.8 Å². The van der Waals surface area contributed by atoms with Crippen LogP contribution in [-0.4, -0.2) is 21.8 Å². The molecule has 1 N–H and O–H groups in total. The third-order valence-corrected chi connectivity index (χ3v) is 5.72. The number of hydrogen-bond donors (Lipinski definition) is 1. The number of amidine groups is 2. The molecule has 0 unspecified atom stereocenters. The van der Waals surface area contributed by atoms with Crippen LogP contribution in [0, 0.1) is 5.41 Å². The molecule has 0 aromatic heterocycles. The van der Waals surface area contributed by atoms with Crippen LogP contribution in [0.4, 0.5) is 0 Å². The molecule has 4 rings (SSSR count). The highest BCUT2D eigenvalue weighted by Gasteiger charge is 2.30. The second-order valence-corrected chi connectivity index (χ2v) is 8.15. The summed E-state index contributed by atoms with van der Waals surface area (Å²) in [5, 5.41) is 11.3. The number of amides is 1. The molecule has 0 saturated heterocycles. The summed E-state index contributed by atoms with van der Waals surface area (Å²) in [6.07, 6.45) is 3.39. The van der Waals surface area contributed by atoms with Crippen LogP contribution in [0.15, 0.2) is 69.1 Å². The van der Waals surface area contributed by atoms with E-state index in [-0.39, 0.29) is 11.4 Å². The van der Waals surface area contributed by atoms with Gasteiger partial charge in [0, 0.05) is 11.2 Å². The van der Waals surface area contributed by atoms with Crippen molar-refractivity contribution in [3.8, 4) is 5.75 Å². The minimum atomic E-state index is -0.411. The summed E-state index contributed by atoms with van der Waals surface area (Å²) < 4.78 is 6.60. The molecule has 0 saturated carbocycles. The number of aliphatic imine (C=N–C) groups is 1. The van der Waals surface area contributed by atoms with Gasteiger partial charge in [0.1, 0.15) is 18.2 Å². The molecule has 8 heteroatoms. The van der Waals surface area contributed by atoms with Gasteiger partial charge >= 0.3 is 0 Å². The summed E-state index contributed by atoms with van der Waals surface area (Å²) in [5.41, 5.74) is 2.03. The van der Waals surface area contributed by atoms with Crippen molar-refractivity contribution in [3.05, 3.63) is 80.3 Å². The first kappa shape index (κ1) is 19.0. The Morgan fingerprint density at radius 1 is 1.25 bits per heavy atom. The smallest absolute Gasteiger partial charge is 0.283 e. The van der Waals surface area contributed by atoms with Crippen molar-refractivity contribution in [1.82, 2.24) is 4.90 Å². The highest BCUT2D eigenvalue weighted by molar-refractivity contribution is 9.10. The number of nitrogens with one attached hydrogen (secondary N) is 1. The van der Waals surface area contributed by atoms with E-state index in [1.807, 2.05) is 42.5 Å². The molecule has 0 fully saturated rings. The van der Waals surface area contributed by atoms with E-state index in [4.69, 9.17) is 21.7 Å². The summed E-state index contributed by atoms with van der Waals surface area (Å²) in [4.78, 5) is 17.9. The lowest BCUT2D eigenvalue weighted by Crippen LogP contribution is -2.35. The van der Waals surface area contributed by atoms with Crippen molar-refractivity contribution < 1.29 is 9.53 Å². The van der Waals surface area contributed by atoms with Crippen LogP contribution in [0.25, 0.3) is 6.08 Å². The van der Waals surface area contributed by atoms with Gasteiger partial charge < -0.3 is 4.74 Å². The first-order valence-electron chi connectivity index (χ1n) is 8.24. The van der Waals surface area contributed by atoms with Crippen molar-refractivity contribution in [2.24, 2.45) is 4.99 Å². The number of hydrogen-bond acceptors (Lipinski definition) is 4. The number of benzene rings is 2. The first-order chi connectivity index (χ1) is 13.5. The van der Waals surface area contributed by atoms with Crippen molar-refractivity contribution >= 4 is 62.3 Å². The van der Waals surface area contributed by atoms with Gasteiger partial charge in [0.2, 0.25) is 0 Å². The minimum Gasteiger partial charge on any atom is -0.488 e. The molecule has 0 atom stereocenters. The zero-order valence-electron chi connectivity index (χ0n) is 14.4. The number of carbonyl (C=O) groups excluding carboxylic acids is 1. The number of ether oxygens (including phenoxy) is 1. The molecule has 2 aliphatic rings. The highest BCUT2D eigenvalue weighted by atomic mass is 79.9. The van der Waals surface area contributed by atoms with E-state index in [9.17, 15) is 4.79 Å². The van der Waals surface area contributed by atoms with E-state index in [1.54, 1.807) is 22.6 Å². The number of rotatable bonds is 4. The van der Waals surface area contributed by atoms with Crippen molar-refractivity contribution in [2.45, 2.75) is 6.61 Å².